The molecule has 0 atom stereocenters. The highest BCUT2D eigenvalue weighted by Gasteiger charge is 2.21. The van der Waals surface area contributed by atoms with Crippen molar-refractivity contribution >= 4 is 32.5 Å². The molecule has 2 amide bonds. The molecule has 0 radical (unpaired) electrons. The molecule has 0 saturated heterocycles. The Balaban J connectivity index is 1.67. The van der Waals surface area contributed by atoms with Crippen molar-refractivity contribution in [2.75, 3.05) is 5.32 Å². The minimum absolute atomic E-state index is 0.0248. The Kier molecular flexibility index (Phi) is 6.81. The minimum atomic E-state index is -4.06. The van der Waals surface area contributed by atoms with Crippen LogP contribution in [0.5, 0.6) is 0 Å². The van der Waals surface area contributed by atoms with Crippen molar-refractivity contribution in [2.45, 2.75) is 31.7 Å². The first-order valence-corrected chi connectivity index (χ1v) is 13.0. The lowest BCUT2D eigenvalue weighted by Gasteiger charge is -2.09. The van der Waals surface area contributed by atoms with Gasteiger partial charge in [0.05, 0.1) is 21.5 Å². The monoisotopic (exact) mass is 509 g/mol. The number of nitrogens with one attached hydrogen (secondary N) is 2. The van der Waals surface area contributed by atoms with E-state index in [1.165, 1.54) is 22.9 Å². The predicted molar refractivity (Wildman–Crippen MR) is 136 cm³/mol. The number of aryl methyl sites for hydroxylation is 1. The highest BCUT2D eigenvalue weighted by Crippen LogP contribution is 2.38. The Bertz CT molecular complexity index is 1530. The Labute approximate surface area is 206 Å². The molecule has 2 heterocycles. The summed E-state index contributed by atoms with van der Waals surface area (Å²) >= 11 is 1.13. The maximum atomic E-state index is 12.6. The summed E-state index contributed by atoms with van der Waals surface area (Å²) in [7, 11) is -4.06. The van der Waals surface area contributed by atoms with Gasteiger partial charge in [0.1, 0.15) is 5.69 Å². The smallest absolute Gasteiger partial charge is 0.283 e. The average molecular weight is 510 g/mol. The van der Waals surface area contributed by atoms with Crippen LogP contribution in [-0.4, -0.2) is 29.2 Å². The van der Waals surface area contributed by atoms with Gasteiger partial charge in [-0.3, -0.25) is 10.1 Å². The molecular formula is C24H23N5O4S2. The van der Waals surface area contributed by atoms with Crippen molar-refractivity contribution in [3.05, 3.63) is 82.6 Å². The van der Waals surface area contributed by atoms with E-state index in [-0.39, 0.29) is 21.6 Å². The number of amides is 2. The highest BCUT2D eigenvalue weighted by atomic mass is 32.2. The van der Waals surface area contributed by atoms with E-state index in [4.69, 9.17) is 0 Å². The van der Waals surface area contributed by atoms with E-state index in [1.807, 2.05) is 55.8 Å². The Morgan fingerprint density at radius 2 is 1.69 bits per heavy atom. The number of rotatable bonds is 6. The summed E-state index contributed by atoms with van der Waals surface area (Å²) < 4.78 is 28.5. The van der Waals surface area contributed by atoms with Gasteiger partial charge in [-0.1, -0.05) is 59.4 Å². The van der Waals surface area contributed by atoms with Gasteiger partial charge in [0.2, 0.25) is 0 Å². The molecule has 4 aromatic rings. The quantitative estimate of drug-likeness (QED) is 0.396. The fraction of sp³-hybridized carbons (Fsp3) is 0.167. The second-order valence-corrected chi connectivity index (χ2v) is 10.7. The van der Waals surface area contributed by atoms with Crippen molar-refractivity contribution in [1.29, 1.82) is 0 Å². The van der Waals surface area contributed by atoms with Crippen LogP contribution in [0.25, 0.3) is 21.8 Å². The molecule has 0 spiro atoms. The zero-order valence-electron chi connectivity index (χ0n) is 19.2. The number of sulfonamides is 1. The molecule has 180 valence electrons. The summed E-state index contributed by atoms with van der Waals surface area (Å²) in [6.45, 7) is 5.55. The van der Waals surface area contributed by atoms with Crippen LogP contribution in [0.15, 0.2) is 76.4 Å². The van der Waals surface area contributed by atoms with Crippen molar-refractivity contribution in [1.82, 2.24) is 19.5 Å². The van der Waals surface area contributed by atoms with E-state index in [1.54, 1.807) is 18.2 Å². The molecular weight excluding hydrogens is 486 g/mol. The maximum absolute atomic E-state index is 12.6. The summed E-state index contributed by atoms with van der Waals surface area (Å²) in [6, 6.07) is 17.4. The molecule has 35 heavy (non-hydrogen) atoms. The van der Waals surface area contributed by atoms with Gasteiger partial charge in [-0.2, -0.15) is 5.10 Å². The number of anilines is 1. The summed E-state index contributed by atoms with van der Waals surface area (Å²) in [6.07, 6.45) is 0. The fourth-order valence-corrected chi connectivity index (χ4v) is 5.13. The first-order chi connectivity index (χ1) is 16.6. The molecule has 4 rings (SSSR count). The van der Waals surface area contributed by atoms with Crippen LogP contribution in [-0.2, 0) is 10.0 Å². The number of nitrogens with zero attached hydrogens (tertiary/aromatic N) is 3. The van der Waals surface area contributed by atoms with Crippen LogP contribution in [0.3, 0.4) is 0 Å². The molecule has 0 bridgehead atoms. The molecule has 2 N–H and O–H groups in total. The van der Waals surface area contributed by atoms with Gasteiger partial charge in [-0.05, 0) is 39.0 Å². The number of benzene rings is 2. The lowest BCUT2D eigenvalue weighted by atomic mass is 10.1. The topological polar surface area (TPSA) is 123 Å². The van der Waals surface area contributed by atoms with Crippen molar-refractivity contribution in [3.63, 3.8) is 0 Å². The van der Waals surface area contributed by atoms with E-state index in [0.29, 0.717) is 16.3 Å². The lowest BCUT2D eigenvalue weighted by Crippen LogP contribution is -2.34. The van der Waals surface area contributed by atoms with Gasteiger partial charge in [0, 0.05) is 11.6 Å². The molecule has 0 fully saturated rings. The number of carbonyl (C=O) groups is 1. The predicted octanol–water partition coefficient (Wildman–Crippen LogP) is 4.43. The van der Waals surface area contributed by atoms with E-state index in [2.05, 4.69) is 15.4 Å². The third-order valence-electron chi connectivity index (χ3n) is 5.00. The van der Waals surface area contributed by atoms with Crippen LogP contribution in [0.1, 0.15) is 25.5 Å². The Morgan fingerprint density at radius 1 is 1.00 bits per heavy atom. The SMILES string of the molecule is Cc1ccc(S(=O)(=O)NC(=O)Nc2nc(-c3ccccc3)c(-c3ccc(=O)n(C(C)C)n3)s2)cc1. The minimum Gasteiger partial charge on any atom is -0.283 e. The van der Waals surface area contributed by atoms with E-state index < -0.39 is 16.1 Å². The average Bonchev–Trinajstić information content (AvgIpc) is 3.23. The second kappa shape index (κ2) is 9.80. The van der Waals surface area contributed by atoms with Gasteiger partial charge in [0.25, 0.3) is 15.6 Å². The van der Waals surface area contributed by atoms with Crippen molar-refractivity contribution in [3.8, 4) is 21.8 Å². The van der Waals surface area contributed by atoms with Gasteiger partial charge in [-0.15, -0.1) is 0 Å². The Hall–Kier alpha value is -3.83. The standard InChI is InChI=1S/C24H23N5O4S2/c1-15(2)29-20(30)14-13-19(27-29)22-21(17-7-5-4-6-8-17)25-24(34-22)26-23(31)28-35(32,33)18-11-9-16(3)10-12-18/h4-15H,1-3H3,(H2,25,26,28,31). The van der Waals surface area contributed by atoms with Gasteiger partial charge < -0.3 is 0 Å². The second-order valence-electron chi connectivity index (χ2n) is 8.03. The zero-order valence-corrected chi connectivity index (χ0v) is 20.9. The summed E-state index contributed by atoms with van der Waals surface area (Å²) in [4.78, 5) is 29.9. The number of hydrogen-bond donors (Lipinski definition) is 2. The number of carbonyl (C=O) groups excluding carboxylic acids is 1. The Morgan fingerprint density at radius 3 is 2.34 bits per heavy atom. The molecule has 9 nitrogen and oxygen atoms in total. The third kappa shape index (κ3) is 5.47. The highest BCUT2D eigenvalue weighted by molar-refractivity contribution is 7.90. The molecule has 0 aliphatic rings. The molecule has 0 unspecified atom stereocenters. The van der Waals surface area contributed by atoms with Crippen LogP contribution >= 0.6 is 11.3 Å². The lowest BCUT2D eigenvalue weighted by molar-refractivity contribution is 0.256. The van der Waals surface area contributed by atoms with Crippen LogP contribution in [0.2, 0.25) is 0 Å². The summed E-state index contributed by atoms with van der Waals surface area (Å²) in [5.74, 6) is 0. The normalized spacial score (nSPS) is 11.4. The fourth-order valence-electron chi connectivity index (χ4n) is 3.28. The summed E-state index contributed by atoms with van der Waals surface area (Å²) in [5, 5.41) is 7.17. The number of urea groups is 1. The molecule has 0 aliphatic carbocycles. The van der Waals surface area contributed by atoms with Crippen molar-refractivity contribution < 1.29 is 13.2 Å². The molecule has 11 heteroatoms. The molecule has 2 aromatic heterocycles. The van der Waals surface area contributed by atoms with Gasteiger partial charge >= 0.3 is 6.03 Å². The first-order valence-electron chi connectivity index (χ1n) is 10.7. The number of hydrogen-bond acceptors (Lipinski definition) is 7. The summed E-state index contributed by atoms with van der Waals surface area (Å²) in [5.41, 5.74) is 2.51. The first kappa shape index (κ1) is 24.3. The van der Waals surface area contributed by atoms with Crippen LogP contribution < -0.4 is 15.6 Å². The molecule has 0 saturated carbocycles. The van der Waals surface area contributed by atoms with Gasteiger partial charge in [0.15, 0.2) is 5.13 Å². The van der Waals surface area contributed by atoms with Crippen LogP contribution in [0.4, 0.5) is 9.93 Å². The third-order valence-corrected chi connectivity index (χ3v) is 7.34. The maximum Gasteiger partial charge on any atom is 0.334 e. The van der Waals surface area contributed by atoms with E-state index >= 15 is 0 Å². The zero-order chi connectivity index (χ0) is 25.2. The van der Waals surface area contributed by atoms with Crippen molar-refractivity contribution in [2.24, 2.45) is 0 Å². The molecule has 2 aromatic carbocycles. The van der Waals surface area contributed by atoms with Gasteiger partial charge in [-0.25, -0.2) is 27.6 Å². The molecule has 0 aliphatic heterocycles. The number of thiazole rings is 1. The van der Waals surface area contributed by atoms with Crippen LogP contribution in [0, 0.1) is 6.92 Å². The number of aromatic nitrogens is 3. The van der Waals surface area contributed by atoms with E-state index in [9.17, 15) is 18.0 Å². The largest absolute Gasteiger partial charge is 0.334 e. The van der Waals surface area contributed by atoms with E-state index in [0.717, 1.165) is 22.5 Å².